The Kier molecular flexibility index (Phi) is 4.95. The molecule has 0 bridgehead atoms. The first kappa shape index (κ1) is 14.3. The number of ether oxygens (including phenoxy) is 2. The second kappa shape index (κ2) is 6.91. The van der Waals surface area contributed by atoms with E-state index in [1.807, 2.05) is 37.3 Å². The van der Waals surface area contributed by atoms with E-state index >= 15 is 0 Å². The van der Waals surface area contributed by atoms with Crippen LogP contribution in [0.4, 0.5) is 10.5 Å². The van der Waals surface area contributed by atoms with Gasteiger partial charge in [-0.05, 0) is 19.1 Å². The topological polar surface area (TPSA) is 67.9 Å². The van der Waals surface area contributed by atoms with Crippen molar-refractivity contribution in [2.75, 3.05) is 31.2 Å². The molecule has 1 aromatic carbocycles. The Hall–Kier alpha value is -2.08. The van der Waals surface area contributed by atoms with Gasteiger partial charge in [0.25, 0.3) is 0 Å². The minimum Gasteiger partial charge on any atom is -0.442 e. The number of nitrogens with zero attached hydrogens (tertiary/aromatic N) is 1. The molecule has 0 aliphatic carbocycles. The Morgan fingerprint density at radius 1 is 1.45 bits per heavy atom. The van der Waals surface area contributed by atoms with E-state index in [9.17, 15) is 9.59 Å². The van der Waals surface area contributed by atoms with Gasteiger partial charge >= 0.3 is 6.09 Å². The predicted molar refractivity (Wildman–Crippen MR) is 73.6 cm³/mol. The minimum atomic E-state index is -0.389. The number of para-hydroxylation sites is 1. The van der Waals surface area contributed by atoms with E-state index in [1.165, 1.54) is 0 Å². The Labute approximate surface area is 117 Å². The Balaban J connectivity index is 1.82. The van der Waals surface area contributed by atoms with Crippen LogP contribution in [0.25, 0.3) is 0 Å². The normalized spacial score (nSPS) is 17.9. The molecule has 1 heterocycles. The van der Waals surface area contributed by atoms with Crippen molar-refractivity contribution in [3.05, 3.63) is 30.3 Å². The van der Waals surface area contributed by atoms with Gasteiger partial charge in [-0.1, -0.05) is 18.2 Å². The van der Waals surface area contributed by atoms with Crippen LogP contribution in [0.5, 0.6) is 0 Å². The molecule has 6 heteroatoms. The average Bonchev–Trinajstić information content (AvgIpc) is 2.85. The molecule has 1 fully saturated rings. The van der Waals surface area contributed by atoms with E-state index in [0.29, 0.717) is 19.7 Å². The average molecular weight is 278 g/mol. The van der Waals surface area contributed by atoms with Gasteiger partial charge in [0.2, 0.25) is 5.91 Å². The lowest BCUT2D eigenvalue weighted by molar-refractivity contribution is -0.125. The van der Waals surface area contributed by atoms with Crippen molar-refractivity contribution >= 4 is 17.7 Å². The quantitative estimate of drug-likeness (QED) is 0.848. The summed E-state index contributed by atoms with van der Waals surface area (Å²) in [5.74, 6) is -0.207. The van der Waals surface area contributed by atoms with E-state index < -0.39 is 0 Å². The number of anilines is 1. The highest BCUT2D eigenvalue weighted by Gasteiger charge is 2.32. The van der Waals surface area contributed by atoms with E-state index in [4.69, 9.17) is 9.47 Å². The maximum Gasteiger partial charge on any atom is 0.414 e. The molecule has 2 rings (SSSR count). The Morgan fingerprint density at radius 2 is 2.20 bits per heavy atom. The second-order valence-electron chi connectivity index (χ2n) is 4.39. The Morgan fingerprint density at radius 3 is 2.90 bits per heavy atom. The number of carbonyl (C=O) groups excluding carboxylic acids is 2. The molecule has 0 radical (unpaired) electrons. The lowest BCUT2D eigenvalue weighted by Crippen LogP contribution is -2.36. The molecule has 20 heavy (non-hydrogen) atoms. The number of cyclic esters (lactones) is 1. The summed E-state index contributed by atoms with van der Waals surface area (Å²) in [5, 5.41) is 2.68. The van der Waals surface area contributed by atoms with Gasteiger partial charge in [0.15, 0.2) is 0 Å². The molecule has 1 saturated heterocycles. The summed E-state index contributed by atoms with van der Waals surface area (Å²) in [4.78, 5) is 24.7. The first-order valence-corrected chi connectivity index (χ1v) is 6.58. The van der Waals surface area contributed by atoms with E-state index in [0.717, 1.165) is 5.69 Å². The van der Waals surface area contributed by atoms with Gasteiger partial charge in [0.05, 0.1) is 13.1 Å². The molecule has 2 amide bonds. The number of carbonyl (C=O) groups is 2. The zero-order valence-corrected chi connectivity index (χ0v) is 11.4. The molecule has 0 spiro atoms. The summed E-state index contributed by atoms with van der Waals surface area (Å²) in [6, 6.07) is 9.30. The van der Waals surface area contributed by atoms with Crippen LogP contribution in [-0.2, 0) is 14.3 Å². The molecular weight excluding hydrogens is 260 g/mol. The van der Waals surface area contributed by atoms with Crippen LogP contribution < -0.4 is 10.2 Å². The minimum absolute atomic E-state index is 0.0273. The van der Waals surface area contributed by atoms with Gasteiger partial charge in [-0.15, -0.1) is 0 Å². The molecule has 108 valence electrons. The SMILES string of the molecule is CCOCC(=O)NC[C@@H]1CN(c2ccccc2)C(=O)O1. The van der Waals surface area contributed by atoms with Gasteiger partial charge in [-0.3, -0.25) is 9.69 Å². The summed E-state index contributed by atoms with van der Waals surface area (Å²) in [6.07, 6.45) is -0.728. The summed E-state index contributed by atoms with van der Waals surface area (Å²) >= 11 is 0. The number of hydrogen-bond acceptors (Lipinski definition) is 4. The molecular formula is C14H18N2O4. The fraction of sp³-hybridized carbons (Fsp3) is 0.429. The van der Waals surface area contributed by atoms with Gasteiger partial charge in [-0.2, -0.15) is 0 Å². The molecule has 0 unspecified atom stereocenters. The zero-order valence-electron chi connectivity index (χ0n) is 11.4. The van der Waals surface area contributed by atoms with Gasteiger partial charge in [0, 0.05) is 12.3 Å². The zero-order chi connectivity index (χ0) is 14.4. The van der Waals surface area contributed by atoms with Crippen LogP contribution in [-0.4, -0.2) is 44.4 Å². The predicted octanol–water partition coefficient (Wildman–Crippen LogP) is 1.16. The number of nitrogens with one attached hydrogen (secondary N) is 1. The Bertz CT molecular complexity index is 464. The standard InChI is InChI=1S/C14H18N2O4/c1-2-19-10-13(17)15-8-12-9-16(14(18)20-12)11-6-4-3-5-7-11/h3-7,12H,2,8-10H2,1H3,(H,15,17)/t12-/m1/s1. The van der Waals surface area contributed by atoms with Crippen LogP contribution in [0.1, 0.15) is 6.92 Å². The fourth-order valence-electron chi connectivity index (χ4n) is 1.92. The summed E-state index contributed by atoms with van der Waals surface area (Å²) < 4.78 is 10.2. The van der Waals surface area contributed by atoms with E-state index in [1.54, 1.807) is 4.90 Å². The van der Waals surface area contributed by atoms with Crippen LogP contribution in [0.15, 0.2) is 30.3 Å². The van der Waals surface area contributed by atoms with Crippen molar-refractivity contribution in [2.24, 2.45) is 0 Å². The molecule has 1 aliphatic heterocycles. The molecule has 1 atom stereocenters. The maximum absolute atomic E-state index is 11.8. The van der Waals surface area contributed by atoms with E-state index in [2.05, 4.69) is 5.32 Å². The highest BCUT2D eigenvalue weighted by atomic mass is 16.6. The van der Waals surface area contributed by atoms with Crippen LogP contribution in [0.3, 0.4) is 0 Å². The smallest absolute Gasteiger partial charge is 0.414 e. The fourth-order valence-corrected chi connectivity index (χ4v) is 1.92. The lowest BCUT2D eigenvalue weighted by Gasteiger charge is -2.12. The largest absolute Gasteiger partial charge is 0.442 e. The van der Waals surface area contributed by atoms with Crippen molar-refractivity contribution < 1.29 is 19.1 Å². The van der Waals surface area contributed by atoms with Crippen molar-refractivity contribution in [1.29, 1.82) is 0 Å². The number of rotatable bonds is 6. The van der Waals surface area contributed by atoms with Crippen LogP contribution in [0.2, 0.25) is 0 Å². The van der Waals surface area contributed by atoms with Gasteiger partial charge < -0.3 is 14.8 Å². The molecule has 1 aromatic rings. The summed E-state index contributed by atoms with van der Waals surface area (Å²) in [5.41, 5.74) is 0.792. The molecule has 1 N–H and O–H groups in total. The van der Waals surface area contributed by atoms with Crippen LogP contribution in [0, 0.1) is 0 Å². The van der Waals surface area contributed by atoms with Crippen molar-refractivity contribution in [1.82, 2.24) is 5.32 Å². The first-order chi connectivity index (χ1) is 9.70. The highest BCUT2D eigenvalue weighted by Crippen LogP contribution is 2.20. The van der Waals surface area contributed by atoms with Crippen LogP contribution >= 0.6 is 0 Å². The molecule has 6 nitrogen and oxygen atoms in total. The van der Waals surface area contributed by atoms with Crippen molar-refractivity contribution in [3.63, 3.8) is 0 Å². The molecule has 1 aliphatic rings. The second-order valence-corrected chi connectivity index (χ2v) is 4.39. The number of hydrogen-bond donors (Lipinski definition) is 1. The summed E-state index contributed by atoms with van der Waals surface area (Å²) in [7, 11) is 0. The number of benzene rings is 1. The third-order valence-electron chi connectivity index (χ3n) is 2.91. The molecule has 0 saturated carbocycles. The van der Waals surface area contributed by atoms with Gasteiger partial charge in [0.1, 0.15) is 12.7 Å². The monoisotopic (exact) mass is 278 g/mol. The highest BCUT2D eigenvalue weighted by molar-refractivity contribution is 5.89. The molecule has 0 aromatic heterocycles. The summed E-state index contributed by atoms with van der Waals surface area (Å²) in [6.45, 7) is 3.07. The number of amides is 2. The first-order valence-electron chi connectivity index (χ1n) is 6.58. The van der Waals surface area contributed by atoms with Crippen molar-refractivity contribution in [3.8, 4) is 0 Å². The van der Waals surface area contributed by atoms with E-state index in [-0.39, 0.29) is 24.7 Å². The maximum atomic E-state index is 11.8. The third-order valence-corrected chi connectivity index (χ3v) is 2.91. The van der Waals surface area contributed by atoms with Gasteiger partial charge in [-0.25, -0.2) is 4.79 Å². The third kappa shape index (κ3) is 3.71. The lowest BCUT2D eigenvalue weighted by atomic mass is 10.2. The van der Waals surface area contributed by atoms with Crippen molar-refractivity contribution in [2.45, 2.75) is 13.0 Å².